The third-order valence-electron chi connectivity index (χ3n) is 7.23. The van der Waals surface area contributed by atoms with E-state index in [0.29, 0.717) is 6.04 Å². The van der Waals surface area contributed by atoms with Crippen molar-refractivity contribution in [2.24, 2.45) is 4.99 Å². The summed E-state index contributed by atoms with van der Waals surface area (Å²) >= 11 is 0. The van der Waals surface area contributed by atoms with Gasteiger partial charge in [-0.15, -0.1) is 0 Å². The number of nitrogens with one attached hydrogen (secondary N) is 1. The van der Waals surface area contributed by atoms with Gasteiger partial charge in [-0.25, -0.2) is 4.99 Å². The number of likely N-dealkylation sites (N-methyl/N-ethyl adjacent to an activating group) is 1. The van der Waals surface area contributed by atoms with Gasteiger partial charge in [0.25, 0.3) is 0 Å². The van der Waals surface area contributed by atoms with Gasteiger partial charge in [0.1, 0.15) is 11.6 Å². The monoisotopic (exact) mass is 463 g/mol. The van der Waals surface area contributed by atoms with Crippen LogP contribution < -0.4 is 10.1 Å². The Bertz CT molecular complexity index is 1050. The van der Waals surface area contributed by atoms with Crippen molar-refractivity contribution in [3.8, 4) is 5.75 Å². The lowest BCUT2D eigenvalue weighted by molar-refractivity contribution is -0.117. The molecule has 1 unspecified atom stereocenters. The highest BCUT2D eigenvalue weighted by molar-refractivity contribution is 5.93. The molecule has 4 rings (SSSR count). The zero-order chi connectivity index (χ0) is 24.2. The first kappa shape index (κ1) is 24.1. The Balaban J connectivity index is 1.45. The number of amides is 1. The first-order valence-corrected chi connectivity index (χ1v) is 12.3. The van der Waals surface area contributed by atoms with Crippen molar-refractivity contribution in [1.29, 1.82) is 0 Å². The molecule has 1 saturated heterocycles. The molecule has 3 heterocycles. The van der Waals surface area contributed by atoms with Gasteiger partial charge < -0.3 is 19.9 Å². The molecular weight excluding hydrogens is 426 g/mol. The molecule has 0 radical (unpaired) electrons. The van der Waals surface area contributed by atoms with Crippen LogP contribution in [0.2, 0.25) is 0 Å². The van der Waals surface area contributed by atoms with Crippen LogP contribution in [0.4, 0.5) is 0 Å². The van der Waals surface area contributed by atoms with E-state index in [1.54, 1.807) is 14.2 Å². The van der Waals surface area contributed by atoms with E-state index in [0.717, 1.165) is 68.3 Å². The lowest BCUT2D eigenvalue weighted by atomic mass is 10.0. The molecule has 1 aromatic carbocycles. The number of benzene rings is 1. The van der Waals surface area contributed by atoms with E-state index in [9.17, 15) is 4.79 Å². The first-order valence-electron chi connectivity index (χ1n) is 12.3. The smallest absolute Gasteiger partial charge is 0.248 e. The number of piperazine rings is 1. The van der Waals surface area contributed by atoms with Crippen LogP contribution in [0.1, 0.15) is 50.8 Å². The maximum absolute atomic E-state index is 12.3. The fourth-order valence-corrected chi connectivity index (χ4v) is 4.90. The number of allylic oxidation sites excluding steroid dienone is 2. The second kappa shape index (κ2) is 10.5. The number of aliphatic imine (C=N–C) groups is 1. The molecule has 7 heteroatoms. The van der Waals surface area contributed by atoms with Crippen LogP contribution in [0, 0.1) is 0 Å². The van der Waals surface area contributed by atoms with Gasteiger partial charge in [0.2, 0.25) is 5.91 Å². The van der Waals surface area contributed by atoms with E-state index in [-0.39, 0.29) is 5.91 Å². The van der Waals surface area contributed by atoms with Gasteiger partial charge in [0.15, 0.2) is 0 Å². The number of aryl methyl sites for hydroxylation is 1. The molecule has 0 saturated carbocycles. The average molecular weight is 464 g/mol. The Morgan fingerprint density at radius 2 is 1.94 bits per heavy atom. The topological polar surface area (TPSA) is 60.4 Å². The number of rotatable bonds is 6. The van der Waals surface area contributed by atoms with Gasteiger partial charge in [-0.3, -0.25) is 9.69 Å². The van der Waals surface area contributed by atoms with Crippen LogP contribution in [0.25, 0.3) is 0 Å². The Kier molecular flexibility index (Phi) is 7.41. The lowest BCUT2D eigenvalue weighted by Gasteiger charge is -2.40. The van der Waals surface area contributed by atoms with Crippen molar-refractivity contribution in [1.82, 2.24) is 20.0 Å². The number of methoxy groups -OCH3 is 1. The van der Waals surface area contributed by atoms with Gasteiger partial charge in [-0.05, 0) is 55.9 Å². The summed E-state index contributed by atoms with van der Waals surface area (Å²) in [5.41, 5.74) is 5.65. The second-order valence-corrected chi connectivity index (χ2v) is 9.18. The van der Waals surface area contributed by atoms with E-state index in [1.807, 2.05) is 12.4 Å². The van der Waals surface area contributed by atoms with Crippen molar-refractivity contribution >= 4 is 12.1 Å². The molecule has 1 fully saturated rings. The highest BCUT2D eigenvalue weighted by Crippen LogP contribution is 2.30. The van der Waals surface area contributed by atoms with Crippen LogP contribution in [0.5, 0.6) is 5.75 Å². The SMILES string of the molecule is CCc1ccc(C(C)N2CCN(C3=CN4C=C(C(=O)NC)CCC(C)=C4C=N3)CC2)cc1OC. The summed E-state index contributed by atoms with van der Waals surface area (Å²) < 4.78 is 5.61. The molecule has 0 spiro atoms. The summed E-state index contributed by atoms with van der Waals surface area (Å²) in [6, 6.07) is 6.94. The molecule has 1 aromatic rings. The third kappa shape index (κ3) is 4.89. The normalized spacial score (nSPS) is 19.8. The Hall–Kier alpha value is -3.06. The fourth-order valence-electron chi connectivity index (χ4n) is 4.90. The number of fused-ring (bicyclic) bond motifs is 1. The summed E-state index contributed by atoms with van der Waals surface area (Å²) in [6.07, 6.45) is 8.55. The van der Waals surface area contributed by atoms with Crippen molar-refractivity contribution in [2.45, 2.75) is 46.1 Å². The van der Waals surface area contributed by atoms with Gasteiger partial charge in [0.05, 0.1) is 25.2 Å². The molecule has 34 heavy (non-hydrogen) atoms. The number of nitrogens with zero attached hydrogens (tertiary/aromatic N) is 4. The Morgan fingerprint density at radius 1 is 1.18 bits per heavy atom. The van der Waals surface area contributed by atoms with Gasteiger partial charge >= 0.3 is 0 Å². The van der Waals surface area contributed by atoms with Crippen molar-refractivity contribution in [3.05, 3.63) is 64.4 Å². The fraction of sp³-hybridized carbons (Fsp3) is 0.481. The molecule has 3 aliphatic heterocycles. The van der Waals surface area contributed by atoms with Crippen LogP contribution >= 0.6 is 0 Å². The van der Waals surface area contributed by atoms with E-state index >= 15 is 0 Å². The number of ether oxygens (including phenoxy) is 1. The zero-order valence-corrected chi connectivity index (χ0v) is 21.1. The van der Waals surface area contributed by atoms with Crippen LogP contribution in [-0.2, 0) is 11.2 Å². The molecule has 1 N–H and O–H groups in total. The minimum absolute atomic E-state index is 0.0160. The van der Waals surface area contributed by atoms with Gasteiger partial charge in [0, 0.05) is 51.0 Å². The highest BCUT2D eigenvalue weighted by Gasteiger charge is 2.26. The predicted molar refractivity (Wildman–Crippen MR) is 136 cm³/mol. The second-order valence-electron chi connectivity index (χ2n) is 9.18. The maximum Gasteiger partial charge on any atom is 0.248 e. The van der Waals surface area contributed by atoms with Crippen molar-refractivity contribution in [3.63, 3.8) is 0 Å². The average Bonchev–Trinajstić information content (AvgIpc) is 3.05. The van der Waals surface area contributed by atoms with E-state index in [2.05, 4.69) is 65.2 Å². The molecule has 7 nitrogen and oxygen atoms in total. The molecule has 0 aliphatic carbocycles. The summed E-state index contributed by atoms with van der Waals surface area (Å²) in [6.45, 7) is 10.3. The van der Waals surface area contributed by atoms with E-state index < -0.39 is 0 Å². The molecule has 182 valence electrons. The van der Waals surface area contributed by atoms with Crippen LogP contribution in [0.3, 0.4) is 0 Å². The highest BCUT2D eigenvalue weighted by atomic mass is 16.5. The van der Waals surface area contributed by atoms with E-state index in [4.69, 9.17) is 9.73 Å². The standard InChI is InChI=1S/C27H37N5O2/c1-6-21-9-10-22(15-25(21)34-5)20(3)30-11-13-31(14-12-30)26-18-32-17-23(27(33)28-4)8-7-19(2)24(32)16-29-26/h9-10,15-18,20H,6-8,11-14H2,1-5H3,(H,28,33). The van der Waals surface area contributed by atoms with Crippen LogP contribution in [-0.4, -0.2) is 67.2 Å². The molecule has 1 atom stereocenters. The lowest BCUT2D eigenvalue weighted by Crippen LogP contribution is -2.46. The number of carbonyl (C=O) groups excluding carboxylic acids is 1. The minimum atomic E-state index is -0.0160. The molecule has 0 aromatic heterocycles. The minimum Gasteiger partial charge on any atom is -0.496 e. The quantitative estimate of drug-likeness (QED) is 0.695. The van der Waals surface area contributed by atoms with Crippen molar-refractivity contribution < 1.29 is 9.53 Å². The van der Waals surface area contributed by atoms with E-state index in [1.165, 1.54) is 16.7 Å². The molecule has 3 aliphatic rings. The Morgan fingerprint density at radius 3 is 2.62 bits per heavy atom. The molecule has 1 amide bonds. The maximum atomic E-state index is 12.3. The summed E-state index contributed by atoms with van der Waals surface area (Å²) in [5, 5.41) is 2.76. The predicted octanol–water partition coefficient (Wildman–Crippen LogP) is 3.82. The summed E-state index contributed by atoms with van der Waals surface area (Å²) in [4.78, 5) is 24.0. The Labute approximate surface area is 203 Å². The number of hydrogen-bond donors (Lipinski definition) is 1. The summed E-state index contributed by atoms with van der Waals surface area (Å²) in [7, 11) is 3.43. The van der Waals surface area contributed by atoms with Gasteiger partial charge in [-0.1, -0.05) is 19.1 Å². The van der Waals surface area contributed by atoms with Crippen LogP contribution in [0.15, 0.2) is 58.3 Å². The first-order chi connectivity index (χ1) is 16.4. The molecule has 0 bridgehead atoms. The summed E-state index contributed by atoms with van der Waals surface area (Å²) in [5.74, 6) is 1.91. The zero-order valence-electron chi connectivity index (χ0n) is 21.1. The van der Waals surface area contributed by atoms with Gasteiger partial charge in [-0.2, -0.15) is 0 Å². The number of carbonyl (C=O) groups is 1. The molecular formula is C27H37N5O2. The largest absolute Gasteiger partial charge is 0.496 e. The number of hydrogen-bond acceptors (Lipinski definition) is 6. The third-order valence-corrected chi connectivity index (χ3v) is 7.23. The van der Waals surface area contributed by atoms with Crippen molar-refractivity contribution in [2.75, 3.05) is 40.3 Å².